The highest BCUT2D eigenvalue weighted by Gasteiger charge is 2.35. The summed E-state index contributed by atoms with van der Waals surface area (Å²) in [6.45, 7) is 3.94. The van der Waals surface area contributed by atoms with Gasteiger partial charge in [-0.3, -0.25) is 4.79 Å². The second-order valence-electron chi connectivity index (χ2n) is 9.08. The monoisotopic (exact) mass is 498 g/mol. The van der Waals surface area contributed by atoms with Crippen molar-refractivity contribution in [2.45, 2.75) is 31.2 Å². The lowest BCUT2D eigenvalue weighted by Crippen LogP contribution is -2.25. The summed E-state index contributed by atoms with van der Waals surface area (Å²) in [7, 11) is 1.52. The molecule has 0 radical (unpaired) electrons. The quantitative estimate of drug-likeness (QED) is 0.261. The van der Waals surface area contributed by atoms with Crippen LogP contribution in [-0.2, 0) is 9.53 Å². The Morgan fingerprint density at radius 1 is 1.30 bits per heavy atom. The summed E-state index contributed by atoms with van der Waals surface area (Å²) in [5.41, 5.74) is 9.28. The number of nitrogens with two attached hydrogens (primary N) is 1. The van der Waals surface area contributed by atoms with E-state index in [1.54, 1.807) is 21.8 Å². The highest BCUT2D eigenvalue weighted by atomic mass is 19.1. The van der Waals surface area contributed by atoms with Gasteiger partial charge in [0.25, 0.3) is 0 Å². The van der Waals surface area contributed by atoms with E-state index < -0.39 is 5.82 Å². The highest BCUT2D eigenvalue weighted by Crippen LogP contribution is 2.37. The predicted molar refractivity (Wildman–Crippen MR) is 133 cm³/mol. The SMILES string of the molecule is C=CC(=O)N1C[C@H](c2nc(C#Cc3cc4ncn(C5CC5)c4cc3F)c3c(N)ncnn23)C/C1=C\OC. The van der Waals surface area contributed by atoms with Crippen LogP contribution in [0.15, 0.2) is 49.4 Å². The number of methoxy groups -OCH3 is 1. The van der Waals surface area contributed by atoms with Crippen molar-refractivity contribution in [3.05, 3.63) is 72.3 Å². The minimum Gasteiger partial charge on any atom is -0.503 e. The number of nitrogen functional groups attached to an aromatic ring is 1. The predicted octanol–water partition coefficient (Wildman–Crippen LogP) is 2.92. The number of imidazole rings is 2. The lowest BCUT2D eigenvalue weighted by molar-refractivity contribution is -0.123. The number of allylic oxidation sites excluding steroid dienone is 1. The second-order valence-corrected chi connectivity index (χ2v) is 9.08. The van der Waals surface area contributed by atoms with Crippen LogP contribution in [0.2, 0.25) is 0 Å². The fourth-order valence-electron chi connectivity index (χ4n) is 4.77. The maximum absolute atomic E-state index is 15.0. The number of nitrogens with zero attached hydrogens (tertiary/aromatic N) is 7. The van der Waals surface area contributed by atoms with E-state index >= 15 is 0 Å². The van der Waals surface area contributed by atoms with Crippen molar-refractivity contribution >= 4 is 28.3 Å². The Kier molecular flexibility index (Phi) is 5.37. The van der Waals surface area contributed by atoms with Crippen LogP contribution in [-0.4, -0.2) is 53.6 Å². The lowest BCUT2D eigenvalue weighted by atomic mass is 10.1. The number of fused-ring (bicyclic) bond motifs is 2. The van der Waals surface area contributed by atoms with Gasteiger partial charge in [-0.1, -0.05) is 12.5 Å². The summed E-state index contributed by atoms with van der Waals surface area (Å²) in [5, 5.41) is 4.34. The van der Waals surface area contributed by atoms with Crippen molar-refractivity contribution < 1.29 is 13.9 Å². The summed E-state index contributed by atoms with van der Waals surface area (Å²) in [5.74, 6) is 5.74. The van der Waals surface area contributed by atoms with E-state index in [4.69, 9.17) is 15.5 Å². The summed E-state index contributed by atoms with van der Waals surface area (Å²) in [6.07, 6.45) is 8.52. The van der Waals surface area contributed by atoms with Crippen molar-refractivity contribution in [3.8, 4) is 11.8 Å². The third-order valence-corrected chi connectivity index (χ3v) is 6.67. The maximum atomic E-state index is 15.0. The molecule has 0 spiro atoms. The summed E-state index contributed by atoms with van der Waals surface area (Å²) >= 11 is 0. The van der Waals surface area contributed by atoms with Crippen LogP contribution in [0.25, 0.3) is 16.6 Å². The number of hydrogen-bond donors (Lipinski definition) is 1. The average Bonchev–Trinajstić information content (AvgIpc) is 3.35. The Labute approximate surface area is 211 Å². The zero-order valence-electron chi connectivity index (χ0n) is 20.1. The number of hydrogen-bond acceptors (Lipinski definition) is 7. The topological polar surface area (TPSA) is 116 Å². The molecule has 0 bridgehead atoms. The molecular weight excluding hydrogens is 475 g/mol. The van der Waals surface area contributed by atoms with Gasteiger partial charge >= 0.3 is 0 Å². The Balaban J connectivity index is 1.40. The standard InChI is InChI=1S/C26H23FN8O2/c1-3-23(36)33-11-16(8-18(33)12-37-2)26-32-20(24-25(28)29-13-31-35(24)26)7-4-15-9-21-22(10-19(15)27)34(14-30-21)17-5-6-17/h3,9-10,12-14,16-17H,1,5-6,8,11H2,2H3,(H2,28,29,31)/b18-12+/t16-/m1/s1. The first-order chi connectivity index (χ1) is 18.0. The van der Waals surface area contributed by atoms with Crippen LogP contribution in [0, 0.1) is 17.7 Å². The molecule has 186 valence electrons. The van der Waals surface area contributed by atoms with Gasteiger partial charge in [0.05, 0.1) is 35.7 Å². The molecule has 1 amide bonds. The third-order valence-electron chi connectivity index (χ3n) is 6.67. The Morgan fingerprint density at radius 2 is 2.14 bits per heavy atom. The number of aromatic nitrogens is 6. The molecule has 2 N–H and O–H groups in total. The zero-order valence-corrected chi connectivity index (χ0v) is 20.1. The van der Waals surface area contributed by atoms with E-state index in [9.17, 15) is 9.18 Å². The van der Waals surface area contributed by atoms with Crippen LogP contribution in [0.3, 0.4) is 0 Å². The zero-order chi connectivity index (χ0) is 25.7. The molecule has 6 rings (SSSR count). The van der Waals surface area contributed by atoms with E-state index in [-0.39, 0.29) is 23.2 Å². The normalized spacial score (nSPS) is 18.4. The molecule has 4 heterocycles. The van der Waals surface area contributed by atoms with Crippen molar-refractivity contribution in [1.82, 2.24) is 34.0 Å². The summed E-state index contributed by atoms with van der Waals surface area (Å²) < 4.78 is 23.8. The van der Waals surface area contributed by atoms with Crippen LogP contribution in [0.4, 0.5) is 10.2 Å². The molecular formula is C26H23FN8O2. The third kappa shape index (κ3) is 3.87. The van der Waals surface area contributed by atoms with Crippen LogP contribution in [0.1, 0.15) is 48.3 Å². The second kappa shape index (κ2) is 8.74. The van der Waals surface area contributed by atoms with Gasteiger partial charge in [-0.05, 0) is 30.9 Å². The number of amides is 1. The molecule has 1 saturated carbocycles. The molecule has 1 aliphatic heterocycles. The highest BCUT2D eigenvalue weighted by molar-refractivity contribution is 5.89. The largest absolute Gasteiger partial charge is 0.503 e. The molecule has 10 nitrogen and oxygen atoms in total. The van der Waals surface area contributed by atoms with Crippen molar-refractivity contribution in [3.63, 3.8) is 0 Å². The van der Waals surface area contributed by atoms with E-state index in [1.165, 1.54) is 31.8 Å². The molecule has 2 fully saturated rings. The molecule has 3 aromatic heterocycles. The molecule has 1 saturated heterocycles. The fraction of sp³-hybridized carbons (Fsp3) is 0.269. The maximum Gasteiger partial charge on any atom is 0.250 e. The first-order valence-corrected chi connectivity index (χ1v) is 11.8. The Hall–Kier alpha value is -4.72. The lowest BCUT2D eigenvalue weighted by Gasteiger charge is -2.15. The first-order valence-electron chi connectivity index (χ1n) is 11.8. The molecule has 2 aliphatic rings. The number of carbonyl (C=O) groups excluding carboxylic acids is 1. The van der Waals surface area contributed by atoms with E-state index in [2.05, 4.69) is 33.5 Å². The van der Waals surface area contributed by atoms with Crippen molar-refractivity contribution in [1.29, 1.82) is 0 Å². The van der Waals surface area contributed by atoms with E-state index in [0.717, 1.165) is 18.4 Å². The summed E-state index contributed by atoms with van der Waals surface area (Å²) in [4.78, 5) is 27.2. The van der Waals surface area contributed by atoms with Gasteiger partial charge in [-0.2, -0.15) is 5.10 Å². The average molecular weight is 499 g/mol. The molecule has 11 heteroatoms. The minimum absolute atomic E-state index is 0.196. The van der Waals surface area contributed by atoms with Crippen LogP contribution < -0.4 is 5.73 Å². The van der Waals surface area contributed by atoms with Gasteiger partial charge in [0.2, 0.25) is 5.91 Å². The molecule has 1 aromatic carbocycles. The number of benzene rings is 1. The number of likely N-dealkylation sites (tertiary alicyclic amines) is 1. The number of rotatable bonds is 4. The summed E-state index contributed by atoms with van der Waals surface area (Å²) in [6, 6.07) is 3.52. The minimum atomic E-state index is -0.431. The fourth-order valence-corrected chi connectivity index (χ4v) is 4.77. The van der Waals surface area contributed by atoms with Gasteiger partial charge in [0.15, 0.2) is 5.82 Å². The molecule has 37 heavy (non-hydrogen) atoms. The molecule has 4 aromatic rings. The first kappa shape index (κ1) is 22.7. The van der Waals surface area contributed by atoms with Gasteiger partial charge in [-0.15, -0.1) is 0 Å². The van der Waals surface area contributed by atoms with Crippen LogP contribution >= 0.6 is 0 Å². The molecule has 1 aliphatic carbocycles. The van der Waals surface area contributed by atoms with Crippen molar-refractivity contribution in [2.75, 3.05) is 19.4 Å². The smallest absolute Gasteiger partial charge is 0.250 e. The van der Waals surface area contributed by atoms with E-state index in [1.807, 2.05) is 4.57 Å². The van der Waals surface area contributed by atoms with Gasteiger partial charge in [0, 0.05) is 31.0 Å². The number of ether oxygens (including phenoxy) is 1. The van der Waals surface area contributed by atoms with Crippen LogP contribution in [0.5, 0.6) is 0 Å². The van der Waals surface area contributed by atoms with E-state index in [0.29, 0.717) is 47.3 Å². The molecule has 0 unspecified atom stereocenters. The Morgan fingerprint density at radius 3 is 2.89 bits per heavy atom. The van der Waals surface area contributed by atoms with Crippen molar-refractivity contribution in [2.24, 2.45) is 0 Å². The number of carbonyl (C=O) groups is 1. The number of halogens is 1. The van der Waals surface area contributed by atoms with Gasteiger partial charge in [0.1, 0.15) is 35.4 Å². The van der Waals surface area contributed by atoms with Gasteiger partial charge < -0.3 is 19.9 Å². The van der Waals surface area contributed by atoms with Gasteiger partial charge in [-0.25, -0.2) is 23.9 Å². The Bertz CT molecular complexity index is 1670. The molecule has 1 atom stereocenters. The number of anilines is 1.